The van der Waals surface area contributed by atoms with Crippen LogP contribution in [0.15, 0.2) is 0 Å². The van der Waals surface area contributed by atoms with Crippen molar-refractivity contribution in [3.63, 3.8) is 0 Å². The van der Waals surface area contributed by atoms with E-state index in [0.29, 0.717) is 11.4 Å². The Morgan fingerprint density at radius 1 is 1.71 bits per heavy atom. The predicted molar refractivity (Wildman–Crippen MR) is 48.6 cm³/mol. The number of carbonyl (C=O) groups is 1. The summed E-state index contributed by atoms with van der Waals surface area (Å²) in [7, 11) is 2.83. The van der Waals surface area contributed by atoms with Gasteiger partial charge in [0.25, 0.3) is 0 Å². The van der Waals surface area contributed by atoms with E-state index in [1.54, 1.807) is 7.05 Å². The lowest BCUT2D eigenvalue weighted by molar-refractivity contribution is 0.0592. The largest absolute Gasteiger partial charge is 0.464 e. The van der Waals surface area contributed by atoms with E-state index in [9.17, 15) is 9.18 Å². The van der Waals surface area contributed by atoms with E-state index in [0.717, 1.165) is 0 Å². The molecule has 14 heavy (non-hydrogen) atoms. The molecule has 1 rings (SSSR count). The van der Waals surface area contributed by atoms with Gasteiger partial charge in [0.2, 0.25) is 0 Å². The highest BCUT2D eigenvalue weighted by Crippen LogP contribution is 2.17. The fourth-order valence-electron chi connectivity index (χ4n) is 1.18. The lowest BCUT2D eigenvalue weighted by Crippen LogP contribution is -2.06. The highest BCUT2D eigenvalue weighted by Gasteiger charge is 2.20. The van der Waals surface area contributed by atoms with Crippen LogP contribution in [0, 0.1) is 0 Å². The number of nitrogen functional groups attached to an aromatic ring is 1. The summed E-state index contributed by atoms with van der Waals surface area (Å²) in [6, 6.07) is 0. The molecule has 5 nitrogen and oxygen atoms in total. The summed E-state index contributed by atoms with van der Waals surface area (Å²) in [6.07, 6.45) is 0.0735. The van der Waals surface area contributed by atoms with E-state index in [4.69, 9.17) is 5.73 Å². The van der Waals surface area contributed by atoms with Crippen LogP contribution < -0.4 is 5.73 Å². The Hall–Kier alpha value is -1.59. The summed E-state index contributed by atoms with van der Waals surface area (Å²) < 4.78 is 18.0. The van der Waals surface area contributed by atoms with E-state index in [1.807, 2.05) is 0 Å². The second kappa shape index (κ2) is 4.08. The topological polar surface area (TPSA) is 70.1 Å². The van der Waals surface area contributed by atoms with Crippen molar-refractivity contribution in [1.82, 2.24) is 9.78 Å². The van der Waals surface area contributed by atoms with Crippen molar-refractivity contribution in [2.45, 2.75) is 6.42 Å². The molecule has 0 fully saturated rings. The second-order valence-electron chi connectivity index (χ2n) is 2.77. The Labute approximate surface area is 80.6 Å². The molecule has 6 heteroatoms. The molecule has 0 unspecified atom stereocenters. The zero-order valence-electron chi connectivity index (χ0n) is 8.08. The average molecular weight is 201 g/mol. The number of esters is 1. The number of rotatable bonds is 3. The van der Waals surface area contributed by atoms with Gasteiger partial charge in [-0.05, 0) is 0 Å². The van der Waals surface area contributed by atoms with Crippen LogP contribution >= 0.6 is 0 Å². The number of methoxy groups -OCH3 is 1. The van der Waals surface area contributed by atoms with Crippen LogP contribution in [-0.4, -0.2) is 29.5 Å². The molecule has 1 aromatic rings. The van der Waals surface area contributed by atoms with Crippen LogP contribution in [0.4, 0.5) is 10.2 Å². The van der Waals surface area contributed by atoms with Crippen LogP contribution in [0.1, 0.15) is 16.1 Å². The number of hydrogen-bond acceptors (Lipinski definition) is 4. The number of anilines is 1. The monoisotopic (exact) mass is 201 g/mol. The van der Waals surface area contributed by atoms with Crippen molar-refractivity contribution in [1.29, 1.82) is 0 Å². The van der Waals surface area contributed by atoms with Crippen LogP contribution in [0.25, 0.3) is 0 Å². The molecule has 0 aliphatic carbocycles. The Kier molecular flexibility index (Phi) is 3.06. The molecule has 0 radical (unpaired) electrons. The van der Waals surface area contributed by atoms with E-state index in [-0.39, 0.29) is 12.1 Å². The van der Waals surface area contributed by atoms with E-state index in [1.165, 1.54) is 11.8 Å². The lowest BCUT2D eigenvalue weighted by atomic mass is 10.2. The molecule has 0 amide bonds. The van der Waals surface area contributed by atoms with Crippen LogP contribution in [0.3, 0.4) is 0 Å². The maximum Gasteiger partial charge on any atom is 0.358 e. The number of aryl methyl sites for hydroxylation is 1. The van der Waals surface area contributed by atoms with Crippen molar-refractivity contribution in [3.05, 3.63) is 11.3 Å². The number of ether oxygens (including phenoxy) is 1. The summed E-state index contributed by atoms with van der Waals surface area (Å²) in [5, 5.41) is 3.85. The first-order valence-corrected chi connectivity index (χ1v) is 4.07. The normalized spacial score (nSPS) is 10.2. The zero-order valence-corrected chi connectivity index (χ0v) is 8.08. The molecule has 0 bridgehead atoms. The number of nitrogens with zero attached hydrogens (tertiary/aromatic N) is 2. The molecule has 78 valence electrons. The van der Waals surface area contributed by atoms with E-state index in [2.05, 4.69) is 9.84 Å². The SMILES string of the molecule is COC(=O)c1nn(C)c(N)c1CCF. The number of nitrogens with two attached hydrogens (primary N) is 1. The highest BCUT2D eigenvalue weighted by atomic mass is 19.1. The van der Waals surface area contributed by atoms with Crippen molar-refractivity contribution >= 4 is 11.8 Å². The molecule has 2 N–H and O–H groups in total. The number of alkyl halides is 1. The number of aromatic nitrogens is 2. The minimum Gasteiger partial charge on any atom is -0.464 e. The first-order chi connectivity index (χ1) is 6.61. The van der Waals surface area contributed by atoms with Gasteiger partial charge in [-0.15, -0.1) is 0 Å². The number of carbonyl (C=O) groups excluding carboxylic acids is 1. The third-order valence-corrected chi connectivity index (χ3v) is 1.92. The molecule has 0 aromatic carbocycles. The second-order valence-corrected chi connectivity index (χ2v) is 2.77. The molecule has 1 aromatic heterocycles. The summed E-state index contributed by atoms with van der Waals surface area (Å²) in [4.78, 5) is 11.2. The maximum atomic E-state index is 12.2. The van der Waals surface area contributed by atoms with E-state index < -0.39 is 12.6 Å². The summed E-state index contributed by atoms with van der Waals surface area (Å²) in [5.74, 6) is -0.302. The van der Waals surface area contributed by atoms with Gasteiger partial charge in [-0.3, -0.25) is 9.07 Å². The molecular weight excluding hydrogens is 189 g/mol. The van der Waals surface area contributed by atoms with Crippen molar-refractivity contribution < 1.29 is 13.9 Å². The van der Waals surface area contributed by atoms with Crippen LogP contribution in [-0.2, 0) is 18.2 Å². The van der Waals surface area contributed by atoms with Gasteiger partial charge in [-0.1, -0.05) is 0 Å². The van der Waals surface area contributed by atoms with Crippen molar-refractivity contribution in [3.8, 4) is 0 Å². The van der Waals surface area contributed by atoms with Crippen molar-refractivity contribution in [2.75, 3.05) is 19.5 Å². The third-order valence-electron chi connectivity index (χ3n) is 1.92. The molecule has 0 atom stereocenters. The Morgan fingerprint density at radius 2 is 2.36 bits per heavy atom. The summed E-state index contributed by atoms with van der Waals surface area (Å²) in [5.41, 5.74) is 6.10. The predicted octanol–water partition coefficient (Wildman–Crippen LogP) is 0.301. The van der Waals surface area contributed by atoms with Crippen molar-refractivity contribution in [2.24, 2.45) is 7.05 Å². The van der Waals surface area contributed by atoms with Gasteiger partial charge < -0.3 is 10.5 Å². The highest BCUT2D eigenvalue weighted by molar-refractivity contribution is 5.90. The van der Waals surface area contributed by atoms with Crippen LogP contribution in [0.5, 0.6) is 0 Å². The summed E-state index contributed by atoms with van der Waals surface area (Å²) >= 11 is 0. The maximum absolute atomic E-state index is 12.2. The van der Waals surface area contributed by atoms with Gasteiger partial charge in [0.05, 0.1) is 13.8 Å². The average Bonchev–Trinajstić information content (AvgIpc) is 2.45. The fourth-order valence-corrected chi connectivity index (χ4v) is 1.18. The van der Waals surface area contributed by atoms with Gasteiger partial charge in [-0.25, -0.2) is 4.79 Å². The molecule has 0 aliphatic rings. The van der Waals surface area contributed by atoms with E-state index >= 15 is 0 Å². The standard InChI is InChI=1S/C8H12FN3O2/c1-12-7(10)5(3-4-9)6(11-12)8(13)14-2/h3-4,10H2,1-2H3. The number of halogens is 1. The third kappa shape index (κ3) is 1.68. The van der Waals surface area contributed by atoms with Crippen LogP contribution in [0.2, 0.25) is 0 Å². The summed E-state index contributed by atoms with van der Waals surface area (Å²) in [6.45, 7) is -0.583. The lowest BCUT2D eigenvalue weighted by Gasteiger charge is -1.98. The fraction of sp³-hybridized carbons (Fsp3) is 0.500. The minimum absolute atomic E-state index is 0.0735. The Morgan fingerprint density at radius 3 is 2.86 bits per heavy atom. The zero-order chi connectivity index (χ0) is 10.7. The van der Waals surface area contributed by atoms with Gasteiger partial charge in [0.1, 0.15) is 5.82 Å². The number of hydrogen-bond donors (Lipinski definition) is 1. The molecule has 0 spiro atoms. The Bertz CT molecular complexity index is 349. The quantitative estimate of drug-likeness (QED) is 0.714. The van der Waals surface area contributed by atoms with Gasteiger partial charge in [0, 0.05) is 19.0 Å². The van der Waals surface area contributed by atoms with Gasteiger partial charge in [0.15, 0.2) is 5.69 Å². The molecule has 0 saturated heterocycles. The smallest absolute Gasteiger partial charge is 0.358 e. The molecular formula is C8H12FN3O2. The molecule has 0 saturated carbocycles. The van der Waals surface area contributed by atoms with Gasteiger partial charge >= 0.3 is 5.97 Å². The molecule has 1 heterocycles. The molecule has 0 aliphatic heterocycles. The van der Waals surface area contributed by atoms with Gasteiger partial charge in [-0.2, -0.15) is 5.10 Å². The first kappa shape index (κ1) is 10.5. The first-order valence-electron chi connectivity index (χ1n) is 4.07. The Balaban J connectivity index is 3.14. The minimum atomic E-state index is -0.597.